The summed E-state index contributed by atoms with van der Waals surface area (Å²) in [7, 11) is 2.10. The fourth-order valence-electron chi connectivity index (χ4n) is 9.52. The van der Waals surface area contributed by atoms with Gasteiger partial charge in [0.05, 0.1) is 11.0 Å². The van der Waals surface area contributed by atoms with Crippen molar-refractivity contribution in [3.05, 3.63) is 35.9 Å². The van der Waals surface area contributed by atoms with Crippen LogP contribution in [0.4, 0.5) is 10.2 Å². The van der Waals surface area contributed by atoms with Gasteiger partial charge >= 0.3 is 0 Å². The summed E-state index contributed by atoms with van der Waals surface area (Å²) in [5.41, 5.74) is 0.294. The van der Waals surface area contributed by atoms with Crippen molar-refractivity contribution in [1.29, 1.82) is 0 Å². The fraction of sp³-hybridized carbons (Fsp3) is 0.694. The molecule has 5 fully saturated rings. The van der Waals surface area contributed by atoms with Crippen LogP contribution in [0.15, 0.2) is 24.5 Å². The van der Waals surface area contributed by atoms with Gasteiger partial charge in [-0.2, -0.15) is 0 Å². The molecule has 1 N–H and O–H groups in total. The Hall–Kier alpha value is -3.38. The van der Waals surface area contributed by atoms with Gasteiger partial charge in [0.25, 0.3) is 11.8 Å². The van der Waals surface area contributed by atoms with Crippen molar-refractivity contribution < 1.29 is 18.7 Å². The van der Waals surface area contributed by atoms with Crippen molar-refractivity contribution in [2.75, 3.05) is 57.8 Å². The number of likely N-dealkylation sites (tertiary alicyclic amines) is 2. The van der Waals surface area contributed by atoms with E-state index in [9.17, 15) is 14.0 Å². The highest BCUT2D eigenvalue weighted by Crippen LogP contribution is 2.49. The molecule has 7 rings (SSSR count). The first-order valence-corrected chi connectivity index (χ1v) is 17.9. The van der Waals surface area contributed by atoms with E-state index < -0.39 is 5.82 Å². The zero-order valence-corrected chi connectivity index (χ0v) is 29.2. The summed E-state index contributed by atoms with van der Waals surface area (Å²) in [6.45, 7) is 14.6. The molecule has 1 aromatic carbocycles. The fourth-order valence-corrected chi connectivity index (χ4v) is 9.52. The molecule has 5 heterocycles. The number of nitrogens with one attached hydrogen (secondary N) is 1. The number of piperidine rings is 1. The number of aromatic nitrogens is 3. The summed E-state index contributed by atoms with van der Waals surface area (Å²) in [4.78, 5) is 39.7. The standard InChI is InChI=1S/C36H51FN8O3/c1-24(2)45(25(3)4)32(46)28-16-27(37)6-7-29(28)48-31-30(38-23-39-41-31)44-19-34(20-44)12-14-43(15-13-34)17-26-8-10-36(11-9-26)18-35(33(47)40-36)21-42(5)22-35/h6-7,16,23-26H,8-15,17-22H2,1-5H3,(H,40,47). The van der Waals surface area contributed by atoms with E-state index in [1.807, 2.05) is 27.7 Å². The van der Waals surface area contributed by atoms with Crippen molar-refractivity contribution >= 4 is 17.6 Å². The minimum atomic E-state index is -0.503. The summed E-state index contributed by atoms with van der Waals surface area (Å²) in [6.07, 6.45) is 9.32. The van der Waals surface area contributed by atoms with Gasteiger partial charge in [0.1, 0.15) is 17.9 Å². The number of hydrogen-bond donors (Lipinski definition) is 1. The van der Waals surface area contributed by atoms with Crippen LogP contribution in [-0.4, -0.2) is 112 Å². The van der Waals surface area contributed by atoms with Crippen molar-refractivity contribution in [3.8, 4) is 11.6 Å². The Morgan fingerprint density at radius 1 is 1.06 bits per heavy atom. The van der Waals surface area contributed by atoms with Crippen LogP contribution >= 0.6 is 0 Å². The van der Waals surface area contributed by atoms with Crippen LogP contribution < -0.4 is 15.0 Å². The average molecular weight is 663 g/mol. The van der Waals surface area contributed by atoms with E-state index in [1.165, 1.54) is 37.4 Å². The number of anilines is 1. The minimum Gasteiger partial charge on any atom is -0.434 e. The van der Waals surface area contributed by atoms with Crippen molar-refractivity contribution in [1.82, 2.24) is 35.2 Å². The molecule has 0 unspecified atom stereocenters. The summed E-state index contributed by atoms with van der Waals surface area (Å²) in [5.74, 6) is 1.24. The molecule has 0 radical (unpaired) electrons. The second kappa shape index (κ2) is 12.5. The average Bonchev–Trinajstić information content (AvgIpc) is 3.29. The van der Waals surface area contributed by atoms with E-state index >= 15 is 0 Å². The van der Waals surface area contributed by atoms with Gasteiger partial charge in [0.2, 0.25) is 5.91 Å². The molecule has 4 saturated heterocycles. The first-order valence-electron chi connectivity index (χ1n) is 17.9. The third-order valence-electron chi connectivity index (χ3n) is 11.8. The monoisotopic (exact) mass is 662 g/mol. The van der Waals surface area contributed by atoms with Gasteiger partial charge in [-0.3, -0.25) is 9.59 Å². The lowest BCUT2D eigenvalue weighted by Gasteiger charge is -2.54. The van der Waals surface area contributed by atoms with E-state index in [1.54, 1.807) is 4.90 Å². The second-order valence-electron chi connectivity index (χ2n) is 16.2. The quantitative estimate of drug-likeness (QED) is 0.442. The van der Waals surface area contributed by atoms with Crippen LogP contribution in [0.5, 0.6) is 11.6 Å². The third kappa shape index (κ3) is 6.14. The molecular formula is C36H51FN8O3. The molecule has 5 aliphatic rings. The zero-order chi connectivity index (χ0) is 33.8. The minimum absolute atomic E-state index is 0.0327. The summed E-state index contributed by atoms with van der Waals surface area (Å²) in [6, 6.07) is 3.87. The van der Waals surface area contributed by atoms with E-state index in [0.717, 1.165) is 77.9 Å². The van der Waals surface area contributed by atoms with Crippen LogP contribution in [-0.2, 0) is 4.79 Å². The molecule has 2 amide bonds. The summed E-state index contributed by atoms with van der Waals surface area (Å²) < 4.78 is 20.6. The molecule has 4 aliphatic heterocycles. The van der Waals surface area contributed by atoms with Crippen LogP contribution in [0.1, 0.15) is 83.0 Å². The topological polar surface area (TPSA) is 107 Å². The van der Waals surface area contributed by atoms with Gasteiger partial charge in [-0.25, -0.2) is 9.37 Å². The maximum atomic E-state index is 14.4. The second-order valence-corrected chi connectivity index (χ2v) is 16.2. The normalized spacial score (nSPS) is 26.6. The lowest BCUT2D eigenvalue weighted by atomic mass is 9.68. The lowest BCUT2D eigenvalue weighted by molar-refractivity contribution is -0.135. The smallest absolute Gasteiger partial charge is 0.282 e. The summed E-state index contributed by atoms with van der Waals surface area (Å²) >= 11 is 0. The largest absolute Gasteiger partial charge is 0.434 e. The predicted molar refractivity (Wildman–Crippen MR) is 180 cm³/mol. The maximum Gasteiger partial charge on any atom is 0.282 e. The molecular weight excluding hydrogens is 611 g/mol. The Labute approximate surface area is 283 Å². The highest BCUT2D eigenvalue weighted by molar-refractivity contribution is 5.97. The number of rotatable bonds is 8. The Morgan fingerprint density at radius 2 is 1.75 bits per heavy atom. The van der Waals surface area contributed by atoms with Gasteiger partial charge in [-0.1, -0.05) is 0 Å². The number of ether oxygens (including phenoxy) is 1. The maximum absolute atomic E-state index is 14.4. The van der Waals surface area contributed by atoms with E-state index in [4.69, 9.17) is 4.74 Å². The van der Waals surface area contributed by atoms with Crippen LogP contribution in [0.2, 0.25) is 0 Å². The highest BCUT2D eigenvalue weighted by Gasteiger charge is 2.59. The number of carbonyl (C=O) groups excluding carboxylic acids is 2. The lowest BCUT2D eigenvalue weighted by Crippen LogP contribution is -2.61. The molecule has 1 aliphatic carbocycles. The van der Waals surface area contributed by atoms with Gasteiger partial charge in [-0.15, -0.1) is 10.2 Å². The first-order chi connectivity index (χ1) is 22.9. The number of amides is 2. The molecule has 3 spiro atoms. The van der Waals surface area contributed by atoms with Gasteiger partial charge in [0.15, 0.2) is 5.82 Å². The Morgan fingerprint density at radius 3 is 2.40 bits per heavy atom. The van der Waals surface area contributed by atoms with Gasteiger partial charge in [-0.05, 0) is 117 Å². The van der Waals surface area contributed by atoms with Gasteiger partial charge < -0.3 is 29.7 Å². The summed E-state index contributed by atoms with van der Waals surface area (Å²) in [5, 5.41) is 11.7. The van der Waals surface area contributed by atoms with E-state index in [-0.39, 0.29) is 51.6 Å². The molecule has 260 valence electrons. The van der Waals surface area contributed by atoms with E-state index in [0.29, 0.717) is 17.6 Å². The molecule has 12 heteroatoms. The Bertz CT molecular complexity index is 1510. The van der Waals surface area contributed by atoms with Crippen molar-refractivity contribution in [3.63, 3.8) is 0 Å². The molecule has 48 heavy (non-hydrogen) atoms. The number of halogens is 1. The molecule has 1 aromatic heterocycles. The van der Waals surface area contributed by atoms with Crippen LogP contribution in [0.3, 0.4) is 0 Å². The number of hydrogen-bond acceptors (Lipinski definition) is 9. The van der Waals surface area contributed by atoms with Crippen molar-refractivity contribution in [2.45, 2.75) is 90.3 Å². The Kier molecular flexibility index (Phi) is 8.63. The third-order valence-corrected chi connectivity index (χ3v) is 11.8. The predicted octanol–water partition coefficient (Wildman–Crippen LogP) is 4.34. The molecule has 2 aromatic rings. The van der Waals surface area contributed by atoms with Crippen LogP contribution in [0.25, 0.3) is 0 Å². The first kappa shape index (κ1) is 33.1. The number of nitrogens with zero attached hydrogens (tertiary/aromatic N) is 7. The van der Waals surface area contributed by atoms with Crippen molar-refractivity contribution in [2.24, 2.45) is 16.7 Å². The van der Waals surface area contributed by atoms with Gasteiger partial charge in [0, 0.05) is 55.8 Å². The Balaban J connectivity index is 0.930. The van der Waals surface area contributed by atoms with Crippen LogP contribution in [0, 0.1) is 22.6 Å². The SMILES string of the molecule is CC(C)N(C(=O)c1cc(F)ccc1Oc1nncnc1N1CC2(CCN(CC3CCC4(CC3)CC3(CN(C)C3)C(=O)N4)CC2)C1)C(C)C. The highest BCUT2D eigenvalue weighted by atomic mass is 19.1. The molecule has 11 nitrogen and oxygen atoms in total. The number of carbonyl (C=O) groups is 2. The zero-order valence-electron chi connectivity index (χ0n) is 29.2. The molecule has 1 saturated carbocycles. The van der Waals surface area contributed by atoms with E-state index in [2.05, 4.69) is 42.2 Å². The number of benzene rings is 1. The molecule has 0 atom stereocenters. The molecule has 0 bridgehead atoms.